The Morgan fingerprint density at radius 1 is 1.00 bits per heavy atom. The third kappa shape index (κ3) is 24.5. The molecule has 0 aliphatic heterocycles. The zero-order valence-electron chi connectivity index (χ0n) is 7.92. The number of hydrogen-bond acceptors (Lipinski definition) is 4. The molecule has 0 spiro atoms. The van der Waals surface area contributed by atoms with Crippen LogP contribution in [-0.2, 0) is 14.4 Å². The average Bonchev–Trinajstić information content (AvgIpc) is 2.12. The van der Waals surface area contributed by atoms with Crippen LogP contribution in [0.2, 0.25) is 0 Å². The standard InChI is InChI=1S/C4H9NO2.C4H4O4/c5-3-1-2-4(6)7;5-3(6)1-2-4(7)8/h1-3,5H2,(H,6,7);1-2H,(H,5,6)(H,7,8)/b;2-1+. The quantitative estimate of drug-likeness (QED) is 0.458. The van der Waals surface area contributed by atoms with Gasteiger partial charge in [-0.15, -0.1) is 0 Å². The molecule has 0 aromatic carbocycles. The Bertz CT molecular complexity index is 232. The third-order valence-corrected chi connectivity index (χ3v) is 0.963. The van der Waals surface area contributed by atoms with Crippen LogP contribution in [0.5, 0.6) is 0 Å². The van der Waals surface area contributed by atoms with Gasteiger partial charge < -0.3 is 21.1 Å². The maximum Gasteiger partial charge on any atom is 0.328 e. The number of carboxylic acid groups (broad SMARTS) is 3. The predicted molar refractivity (Wildman–Crippen MR) is 50.3 cm³/mol. The highest BCUT2D eigenvalue weighted by Gasteiger charge is 1.91. The molecule has 0 aliphatic rings. The Balaban J connectivity index is 0. The van der Waals surface area contributed by atoms with Gasteiger partial charge in [0.05, 0.1) is 0 Å². The van der Waals surface area contributed by atoms with Crippen molar-refractivity contribution in [1.82, 2.24) is 0 Å². The van der Waals surface area contributed by atoms with Gasteiger partial charge in [0.15, 0.2) is 0 Å². The van der Waals surface area contributed by atoms with Gasteiger partial charge in [-0.1, -0.05) is 0 Å². The van der Waals surface area contributed by atoms with E-state index >= 15 is 0 Å². The predicted octanol–water partition coefficient (Wildman–Crippen LogP) is -0.478. The molecule has 0 bridgehead atoms. The first-order valence-electron chi connectivity index (χ1n) is 3.96. The van der Waals surface area contributed by atoms with Crippen LogP contribution < -0.4 is 5.73 Å². The first-order chi connectivity index (χ1) is 6.90. The molecule has 7 heteroatoms. The summed E-state index contributed by atoms with van der Waals surface area (Å²) in [6.07, 6.45) is 1.89. The van der Waals surface area contributed by atoms with Crippen LogP contribution >= 0.6 is 0 Å². The summed E-state index contributed by atoms with van der Waals surface area (Å²) in [7, 11) is 0. The summed E-state index contributed by atoms with van der Waals surface area (Å²) in [5.41, 5.74) is 5.01. The van der Waals surface area contributed by atoms with E-state index in [1.807, 2.05) is 0 Å². The van der Waals surface area contributed by atoms with Gasteiger partial charge in [0.2, 0.25) is 0 Å². The van der Waals surface area contributed by atoms with E-state index in [0.29, 0.717) is 25.1 Å². The van der Waals surface area contributed by atoms with Crippen molar-refractivity contribution in [2.75, 3.05) is 6.54 Å². The Kier molecular flexibility index (Phi) is 10.6. The van der Waals surface area contributed by atoms with Crippen molar-refractivity contribution in [1.29, 1.82) is 0 Å². The molecule has 0 fully saturated rings. The molecule has 0 saturated carbocycles. The molecule has 15 heavy (non-hydrogen) atoms. The summed E-state index contributed by atoms with van der Waals surface area (Å²) in [5, 5.41) is 23.6. The average molecular weight is 219 g/mol. The number of aliphatic carboxylic acids is 3. The minimum absolute atomic E-state index is 0.191. The SMILES string of the molecule is NCCCC(=O)O.O=C(O)/C=C/C(=O)O. The van der Waals surface area contributed by atoms with E-state index in [2.05, 4.69) is 0 Å². The molecule has 0 unspecified atom stereocenters. The van der Waals surface area contributed by atoms with E-state index in [-0.39, 0.29) is 6.42 Å². The fraction of sp³-hybridized carbons (Fsp3) is 0.375. The van der Waals surface area contributed by atoms with Crippen molar-refractivity contribution in [2.45, 2.75) is 12.8 Å². The normalized spacial score (nSPS) is 9.13. The van der Waals surface area contributed by atoms with Gasteiger partial charge >= 0.3 is 17.9 Å². The van der Waals surface area contributed by atoms with Crippen LogP contribution in [0.3, 0.4) is 0 Å². The monoisotopic (exact) mass is 219 g/mol. The lowest BCUT2D eigenvalue weighted by Gasteiger charge is -1.86. The van der Waals surface area contributed by atoms with Crippen molar-refractivity contribution in [3.8, 4) is 0 Å². The van der Waals surface area contributed by atoms with Gasteiger partial charge in [0.1, 0.15) is 0 Å². The Morgan fingerprint density at radius 3 is 1.53 bits per heavy atom. The highest BCUT2D eigenvalue weighted by molar-refractivity contribution is 5.89. The summed E-state index contributed by atoms with van der Waals surface area (Å²) in [4.78, 5) is 28.8. The van der Waals surface area contributed by atoms with Gasteiger partial charge in [-0.05, 0) is 13.0 Å². The topological polar surface area (TPSA) is 138 Å². The number of nitrogens with two attached hydrogens (primary N) is 1. The maximum atomic E-state index is 9.70. The van der Waals surface area contributed by atoms with Crippen molar-refractivity contribution >= 4 is 17.9 Å². The number of hydrogen-bond donors (Lipinski definition) is 4. The van der Waals surface area contributed by atoms with Crippen LogP contribution in [0.4, 0.5) is 0 Å². The summed E-state index contributed by atoms with van der Waals surface area (Å²) >= 11 is 0. The molecule has 86 valence electrons. The highest BCUT2D eigenvalue weighted by atomic mass is 16.4. The lowest BCUT2D eigenvalue weighted by atomic mass is 10.3. The molecule has 0 aromatic heterocycles. The molecule has 0 aliphatic carbocycles. The molecule has 0 heterocycles. The second-order valence-corrected chi connectivity index (χ2v) is 2.30. The molecule has 7 nitrogen and oxygen atoms in total. The van der Waals surface area contributed by atoms with E-state index in [1.165, 1.54) is 0 Å². The minimum atomic E-state index is -1.26. The highest BCUT2D eigenvalue weighted by Crippen LogP contribution is 1.82. The number of rotatable bonds is 5. The van der Waals surface area contributed by atoms with Crippen LogP contribution in [0.15, 0.2) is 12.2 Å². The van der Waals surface area contributed by atoms with Crippen LogP contribution in [0, 0.1) is 0 Å². The van der Waals surface area contributed by atoms with Crippen molar-refractivity contribution in [3.63, 3.8) is 0 Å². The Labute approximate surface area is 85.8 Å². The molecule has 0 saturated heterocycles. The van der Waals surface area contributed by atoms with Gasteiger partial charge in [-0.25, -0.2) is 9.59 Å². The molecule has 0 atom stereocenters. The number of carbonyl (C=O) groups is 3. The lowest BCUT2D eigenvalue weighted by molar-refractivity contribution is -0.137. The van der Waals surface area contributed by atoms with E-state index in [9.17, 15) is 14.4 Å². The largest absolute Gasteiger partial charge is 0.481 e. The number of carboxylic acids is 3. The second kappa shape index (κ2) is 10.2. The zero-order chi connectivity index (χ0) is 12.3. The fourth-order valence-electron chi connectivity index (χ4n) is 0.396. The lowest BCUT2D eigenvalue weighted by Crippen LogP contribution is -2.02. The smallest absolute Gasteiger partial charge is 0.328 e. The molecular weight excluding hydrogens is 206 g/mol. The summed E-state index contributed by atoms with van der Waals surface area (Å²) in [6, 6.07) is 0. The first-order valence-corrected chi connectivity index (χ1v) is 3.96. The van der Waals surface area contributed by atoms with E-state index in [1.54, 1.807) is 0 Å². The van der Waals surface area contributed by atoms with Crippen LogP contribution in [-0.4, -0.2) is 39.8 Å². The van der Waals surface area contributed by atoms with E-state index in [0.717, 1.165) is 0 Å². The maximum absolute atomic E-state index is 9.70. The Morgan fingerprint density at radius 2 is 1.40 bits per heavy atom. The summed E-state index contributed by atoms with van der Waals surface area (Å²) < 4.78 is 0. The summed E-state index contributed by atoms with van der Waals surface area (Å²) in [6.45, 7) is 0.465. The molecule has 0 amide bonds. The zero-order valence-corrected chi connectivity index (χ0v) is 7.92. The molecule has 5 N–H and O–H groups in total. The van der Waals surface area contributed by atoms with Crippen molar-refractivity contribution in [3.05, 3.63) is 12.2 Å². The minimum Gasteiger partial charge on any atom is -0.481 e. The van der Waals surface area contributed by atoms with Crippen LogP contribution in [0.25, 0.3) is 0 Å². The fourth-order valence-corrected chi connectivity index (χ4v) is 0.396. The molecular formula is C8H13NO6. The third-order valence-electron chi connectivity index (χ3n) is 0.963. The van der Waals surface area contributed by atoms with E-state index < -0.39 is 17.9 Å². The molecule has 0 aromatic rings. The van der Waals surface area contributed by atoms with Crippen molar-refractivity contribution < 1.29 is 29.7 Å². The Hall–Kier alpha value is -1.89. The summed E-state index contributed by atoms with van der Waals surface area (Å²) in [5.74, 6) is -3.29. The van der Waals surface area contributed by atoms with Crippen molar-refractivity contribution in [2.24, 2.45) is 5.73 Å². The van der Waals surface area contributed by atoms with Gasteiger partial charge in [-0.2, -0.15) is 0 Å². The van der Waals surface area contributed by atoms with E-state index in [4.69, 9.17) is 21.1 Å². The van der Waals surface area contributed by atoms with Gasteiger partial charge in [0.25, 0.3) is 0 Å². The van der Waals surface area contributed by atoms with Crippen LogP contribution in [0.1, 0.15) is 12.8 Å². The van der Waals surface area contributed by atoms with Gasteiger partial charge in [0, 0.05) is 18.6 Å². The second-order valence-electron chi connectivity index (χ2n) is 2.30. The van der Waals surface area contributed by atoms with Gasteiger partial charge in [-0.3, -0.25) is 4.79 Å². The molecule has 0 rings (SSSR count). The molecule has 0 radical (unpaired) electrons. The first kappa shape index (κ1) is 15.6.